The Morgan fingerprint density at radius 2 is 1.72 bits per heavy atom. The zero-order valence-corrected chi connectivity index (χ0v) is 24.9. The largest absolute Gasteiger partial charge is 0.494 e. The third kappa shape index (κ3) is 9.05. The van der Waals surface area contributed by atoms with Crippen LogP contribution in [0.25, 0.3) is 0 Å². The Hall–Kier alpha value is -3.40. The van der Waals surface area contributed by atoms with Crippen LogP contribution in [0.1, 0.15) is 35.2 Å². The Labute approximate surface area is 255 Å². The molecule has 232 valence electrons. The molecular weight excluding hydrogens is 638 g/mol. The van der Waals surface area contributed by atoms with E-state index in [1.807, 2.05) is 18.2 Å². The Balaban J connectivity index is 0.000000489. The number of carbonyl (C=O) groups is 2. The second-order valence-corrected chi connectivity index (χ2v) is 11.9. The van der Waals surface area contributed by atoms with Crippen molar-refractivity contribution in [3.63, 3.8) is 0 Å². The SMILES string of the molecule is CC(c1cccc(Cl)c1Cl)N(O)C(=O)Nc1ccc(S(=O)(=O)Cc2ccc3c(c2)CNC3)cc1.COOC(=O)C(F)(F)F. The fourth-order valence-corrected chi connectivity index (χ4v) is 5.74. The summed E-state index contributed by atoms with van der Waals surface area (Å²) >= 11 is 12.2. The van der Waals surface area contributed by atoms with Crippen LogP contribution in [-0.4, -0.2) is 44.0 Å². The van der Waals surface area contributed by atoms with Gasteiger partial charge in [0.05, 0.1) is 33.8 Å². The van der Waals surface area contributed by atoms with Gasteiger partial charge in [-0.3, -0.25) is 10.1 Å². The van der Waals surface area contributed by atoms with E-state index in [0.29, 0.717) is 21.3 Å². The fraction of sp³-hybridized carbons (Fsp3) is 0.259. The first kappa shape index (κ1) is 34.1. The van der Waals surface area contributed by atoms with Crippen LogP contribution in [-0.2, 0) is 43.2 Å². The average molecular weight is 664 g/mol. The first-order chi connectivity index (χ1) is 20.1. The number of hydrogen-bond donors (Lipinski definition) is 3. The van der Waals surface area contributed by atoms with E-state index in [4.69, 9.17) is 23.2 Å². The number of sulfone groups is 1. The number of nitrogens with one attached hydrogen (secondary N) is 2. The molecule has 1 aliphatic heterocycles. The van der Waals surface area contributed by atoms with Gasteiger partial charge in [0.2, 0.25) is 0 Å². The molecule has 10 nitrogen and oxygen atoms in total. The van der Waals surface area contributed by atoms with E-state index in [0.717, 1.165) is 31.3 Å². The van der Waals surface area contributed by atoms with E-state index in [9.17, 15) is 36.4 Å². The highest BCUT2D eigenvalue weighted by molar-refractivity contribution is 7.90. The summed E-state index contributed by atoms with van der Waals surface area (Å²) in [6.45, 7) is 3.13. The number of anilines is 1. The third-order valence-corrected chi connectivity index (χ3v) is 8.66. The van der Waals surface area contributed by atoms with Crippen LogP contribution in [0.3, 0.4) is 0 Å². The summed E-state index contributed by atoms with van der Waals surface area (Å²) in [6, 6.07) is 14.9. The molecule has 16 heteroatoms. The zero-order chi connectivity index (χ0) is 31.9. The van der Waals surface area contributed by atoms with Gasteiger partial charge in [0.15, 0.2) is 9.84 Å². The predicted octanol–water partition coefficient (Wildman–Crippen LogP) is 6.21. The number of amides is 2. The van der Waals surface area contributed by atoms with Crippen LogP contribution in [0.2, 0.25) is 10.0 Å². The number of urea groups is 1. The Bertz CT molecular complexity index is 1570. The van der Waals surface area contributed by atoms with Gasteiger partial charge in [-0.05, 0) is 59.5 Å². The van der Waals surface area contributed by atoms with Crippen molar-refractivity contribution in [2.45, 2.75) is 42.9 Å². The molecule has 3 N–H and O–H groups in total. The van der Waals surface area contributed by atoms with Crippen molar-refractivity contribution in [1.82, 2.24) is 10.4 Å². The minimum absolute atomic E-state index is 0.117. The van der Waals surface area contributed by atoms with Crippen LogP contribution >= 0.6 is 23.2 Å². The van der Waals surface area contributed by atoms with Crippen molar-refractivity contribution in [3.05, 3.63) is 93.0 Å². The molecule has 4 rings (SSSR count). The molecule has 0 bridgehead atoms. The van der Waals surface area contributed by atoms with Crippen molar-refractivity contribution in [2.75, 3.05) is 12.4 Å². The predicted molar refractivity (Wildman–Crippen MR) is 151 cm³/mol. The van der Waals surface area contributed by atoms with Gasteiger partial charge in [-0.25, -0.2) is 18.0 Å². The van der Waals surface area contributed by atoms with Crippen molar-refractivity contribution in [1.29, 1.82) is 0 Å². The number of alkyl halides is 3. The smallest absolute Gasteiger partial charge is 0.309 e. The lowest BCUT2D eigenvalue weighted by Crippen LogP contribution is -2.34. The summed E-state index contributed by atoms with van der Waals surface area (Å²) in [6.07, 6.45) is -4.98. The number of carbonyl (C=O) groups excluding carboxylic acids is 2. The van der Waals surface area contributed by atoms with Gasteiger partial charge in [0, 0.05) is 18.8 Å². The van der Waals surface area contributed by atoms with Crippen LogP contribution in [0.15, 0.2) is 65.6 Å². The second kappa shape index (κ2) is 14.4. The van der Waals surface area contributed by atoms with E-state index in [1.54, 1.807) is 25.1 Å². The van der Waals surface area contributed by atoms with Gasteiger partial charge in [-0.15, -0.1) is 0 Å². The molecule has 0 fully saturated rings. The first-order valence-electron chi connectivity index (χ1n) is 12.3. The van der Waals surface area contributed by atoms with Gasteiger partial charge in [0.25, 0.3) is 0 Å². The molecule has 3 aromatic carbocycles. The van der Waals surface area contributed by atoms with E-state index in [-0.39, 0.29) is 15.7 Å². The quantitative estimate of drug-likeness (QED) is 0.154. The van der Waals surface area contributed by atoms with Crippen molar-refractivity contribution < 1.29 is 46.2 Å². The third-order valence-electron chi connectivity index (χ3n) is 6.12. The maximum absolute atomic E-state index is 12.9. The molecule has 0 radical (unpaired) electrons. The van der Waals surface area contributed by atoms with E-state index in [1.165, 1.54) is 29.8 Å². The van der Waals surface area contributed by atoms with E-state index < -0.39 is 34.1 Å². The molecule has 3 aromatic rings. The summed E-state index contributed by atoms with van der Waals surface area (Å²) in [5.74, 6) is -2.47. The number of hydroxylamine groups is 2. The molecule has 0 aliphatic carbocycles. The lowest BCUT2D eigenvalue weighted by atomic mass is 10.1. The molecule has 1 heterocycles. The lowest BCUT2D eigenvalue weighted by molar-refractivity contribution is -0.287. The summed E-state index contributed by atoms with van der Waals surface area (Å²) in [4.78, 5) is 28.8. The number of hydrogen-bond acceptors (Lipinski definition) is 8. The van der Waals surface area contributed by atoms with Crippen LogP contribution in [0.5, 0.6) is 0 Å². The lowest BCUT2D eigenvalue weighted by Gasteiger charge is -2.24. The molecule has 0 spiro atoms. The Kier molecular flexibility index (Phi) is 11.4. The number of halogens is 5. The highest BCUT2D eigenvalue weighted by Gasteiger charge is 2.42. The normalized spacial score (nSPS) is 13.3. The fourth-order valence-electron chi connectivity index (χ4n) is 3.94. The second-order valence-electron chi connectivity index (χ2n) is 9.12. The molecule has 0 aromatic heterocycles. The van der Waals surface area contributed by atoms with E-state index in [2.05, 4.69) is 20.4 Å². The first-order valence-corrected chi connectivity index (χ1v) is 14.7. The summed E-state index contributed by atoms with van der Waals surface area (Å²) in [5.41, 5.74) is 3.84. The van der Waals surface area contributed by atoms with Crippen LogP contribution in [0, 0.1) is 0 Å². The summed E-state index contributed by atoms with van der Waals surface area (Å²) < 4.78 is 59.0. The van der Waals surface area contributed by atoms with Gasteiger partial charge in [-0.1, -0.05) is 53.5 Å². The summed E-state index contributed by atoms with van der Waals surface area (Å²) in [5, 5.41) is 17.2. The number of benzene rings is 3. The number of fused-ring (bicyclic) bond motifs is 1. The topological polar surface area (TPSA) is 134 Å². The Morgan fingerprint density at radius 3 is 2.33 bits per heavy atom. The molecule has 1 aliphatic rings. The van der Waals surface area contributed by atoms with Gasteiger partial charge < -0.3 is 10.6 Å². The average Bonchev–Trinajstić information content (AvgIpc) is 3.42. The standard InChI is InChI=1S/C24H23Cl2N3O4S.C3H3F3O3/c1-15(21-3-2-4-22(25)23(21)26)29(31)24(30)28-19-7-9-20(10-8-19)34(32,33)14-16-5-6-17-12-27-13-18(17)11-16;1-8-9-2(7)3(4,5)6/h2-11,15,27,31H,12-14H2,1H3,(H,28,30);1H3. The summed E-state index contributed by atoms with van der Waals surface area (Å²) in [7, 11) is -2.76. The van der Waals surface area contributed by atoms with Crippen LogP contribution in [0.4, 0.5) is 23.7 Å². The van der Waals surface area contributed by atoms with Gasteiger partial charge in [0.1, 0.15) is 0 Å². The monoisotopic (exact) mass is 663 g/mol. The molecule has 2 amide bonds. The minimum atomic E-state index is -4.98. The van der Waals surface area contributed by atoms with Gasteiger partial charge >= 0.3 is 18.2 Å². The van der Waals surface area contributed by atoms with Crippen molar-refractivity contribution in [3.8, 4) is 0 Å². The van der Waals surface area contributed by atoms with Crippen LogP contribution < -0.4 is 10.6 Å². The molecule has 0 saturated heterocycles. The number of nitrogens with zero attached hydrogens (tertiary/aromatic N) is 1. The highest BCUT2D eigenvalue weighted by atomic mass is 35.5. The maximum Gasteiger partial charge on any atom is 0.494 e. The van der Waals surface area contributed by atoms with Crippen molar-refractivity contribution in [2.24, 2.45) is 0 Å². The zero-order valence-electron chi connectivity index (χ0n) is 22.6. The molecular formula is C27H26Cl2F3N3O7S. The molecule has 0 saturated carbocycles. The molecule has 1 unspecified atom stereocenters. The minimum Gasteiger partial charge on any atom is -0.309 e. The maximum atomic E-state index is 12.9. The highest BCUT2D eigenvalue weighted by Crippen LogP contribution is 2.32. The van der Waals surface area contributed by atoms with Gasteiger partial charge in [-0.2, -0.15) is 23.1 Å². The Morgan fingerprint density at radius 1 is 1.07 bits per heavy atom. The molecule has 43 heavy (non-hydrogen) atoms. The molecule has 1 atom stereocenters. The van der Waals surface area contributed by atoms with E-state index >= 15 is 0 Å². The van der Waals surface area contributed by atoms with Crippen molar-refractivity contribution >= 4 is 50.7 Å². The number of rotatable bonds is 7.